The molecule has 0 fully saturated rings. The number of carbonyl (C=O) groups is 1. The van der Waals surface area contributed by atoms with E-state index < -0.39 is 0 Å². The molecule has 2 aromatic rings. The predicted molar refractivity (Wildman–Crippen MR) is 63.3 cm³/mol. The molecule has 5 heteroatoms. The van der Waals surface area contributed by atoms with E-state index in [0.717, 1.165) is 10.0 Å². The van der Waals surface area contributed by atoms with Gasteiger partial charge in [-0.3, -0.25) is 4.79 Å². The Kier molecular flexibility index (Phi) is 3.05. The highest BCUT2D eigenvalue weighted by atomic mass is 79.9. The van der Waals surface area contributed by atoms with E-state index in [1.54, 1.807) is 18.3 Å². The van der Waals surface area contributed by atoms with Crippen LogP contribution in [0.25, 0.3) is 0 Å². The molecule has 16 heavy (non-hydrogen) atoms. The highest BCUT2D eigenvalue weighted by molar-refractivity contribution is 9.10. The minimum atomic E-state index is -0.318. The summed E-state index contributed by atoms with van der Waals surface area (Å²) in [7, 11) is 0. The number of nitrogens with zero attached hydrogens (tertiary/aromatic N) is 1. The van der Waals surface area contributed by atoms with Crippen LogP contribution in [0.2, 0.25) is 0 Å². The molecule has 0 saturated carbocycles. The molecule has 2 heterocycles. The van der Waals surface area contributed by atoms with E-state index >= 15 is 0 Å². The Hall–Kier alpha value is -1.62. The third-order valence-electron chi connectivity index (χ3n) is 1.95. The number of halogens is 1. The zero-order chi connectivity index (χ0) is 11.5. The van der Waals surface area contributed by atoms with E-state index in [2.05, 4.69) is 26.2 Å². The van der Waals surface area contributed by atoms with Gasteiger partial charge in [0.15, 0.2) is 5.76 Å². The third kappa shape index (κ3) is 2.30. The van der Waals surface area contributed by atoms with Crippen LogP contribution < -0.4 is 5.32 Å². The molecule has 0 aromatic carbocycles. The molecule has 4 nitrogen and oxygen atoms in total. The van der Waals surface area contributed by atoms with Crippen molar-refractivity contribution in [2.24, 2.45) is 0 Å². The number of aromatic nitrogens is 1. The molecule has 0 unspecified atom stereocenters. The van der Waals surface area contributed by atoms with Crippen molar-refractivity contribution >= 4 is 27.7 Å². The van der Waals surface area contributed by atoms with E-state index in [1.165, 1.54) is 6.26 Å². The van der Waals surface area contributed by atoms with Crippen LogP contribution in [-0.2, 0) is 0 Å². The lowest BCUT2D eigenvalue weighted by atomic mass is 10.3. The van der Waals surface area contributed by atoms with E-state index in [9.17, 15) is 4.79 Å². The summed E-state index contributed by atoms with van der Waals surface area (Å²) >= 11 is 3.33. The maximum atomic E-state index is 11.6. The number of furan rings is 1. The first kappa shape index (κ1) is 10.9. The number of aryl methyl sites for hydroxylation is 1. The first-order valence-corrected chi connectivity index (χ1v) is 5.43. The fraction of sp³-hybridized carbons (Fsp3) is 0.0909. The third-order valence-corrected chi connectivity index (χ3v) is 2.56. The number of nitrogens with one attached hydrogen (secondary N) is 1. The maximum Gasteiger partial charge on any atom is 0.292 e. The van der Waals surface area contributed by atoms with Crippen LogP contribution in [0.5, 0.6) is 0 Å². The normalized spacial score (nSPS) is 10.1. The molecular weight excluding hydrogens is 272 g/mol. The molecule has 0 spiro atoms. The Morgan fingerprint density at radius 3 is 3.00 bits per heavy atom. The molecule has 0 bridgehead atoms. The SMILES string of the molecule is Cc1cnc(NC(=O)c2ccco2)c(Br)c1. The number of rotatable bonds is 2. The van der Waals surface area contributed by atoms with Gasteiger partial charge in [-0.1, -0.05) is 0 Å². The lowest BCUT2D eigenvalue weighted by molar-refractivity contribution is 0.0996. The molecule has 2 rings (SSSR count). The van der Waals surface area contributed by atoms with Crippen molar-refractivity contribution in [3.05, 3.63) is 46.5 Å². The van der Waals surface area contributed by atoms with Gasteiger partial charge in [-0.05, 0) is 46.6 Å². The smallest absolute Gasteiger partial charge is 0.292 e. The molecule has 0 saturated heterocycles. The summed E-state index contributed by atoms with van der Waals surface area (Å²) in [6.45, 7) is 1.93. The van der Waals surface area contributed by atoms with Gasteiger partial charge in [0.2, 0.25) is 0 Å². The molecule has 2 aromatic heterocycles. The molecule has 0 atom stereocenters. The summed E-state index contributed by atoms with van der Waals surface area (Å²) < 4.78 is 5.72. The van der Waals surface area contributed by atoms with Crippen molar-refractivity contribution in [3.63, 3.8) is 0 Å². The molecule has 82 valence electrons. The highest BCUT2D eigenvalue weighted by Gasteiger charge is 2.11. The zero-order valence-electron chi connectivity index (χ0n) is 8.53. The molecule has 0 radical (unpaired) electrons. The summed E-state index contributed by atoms with van der Waals surface area (Å²) in [6, 6.07) is 5.13. The van der Waals surface area contributed by atoms with E-state index in [1.807, 2.05) is 13.0 Å². The summed E-state index contributed by atoms with van der Waals surface area (Å²) in [5, 5.41) is 2.65. The van der Waals surface area contributed by atoms with Gasteiger partial charge < -0.3 is 9.73 Å². The number of anilines is 1. The fourth-order valence-electron chi connectivity index (χ4n) is 1.20. The largest absolute Gasteiger partial charge is 0.459 e. The Morgan fingerprint density at radius 1 is 1.56 bits per heavy atom. The van der Waals surface area contributed by atoms with Gasteiger partial charge in [0.05, 0.1) is 10.7 Å². The first-order chi connectivity index (χ1) is 7.66. The Labute approximate surface area is 101 Å². The minimum absolute atomic E-state index is 0.259. The predicted octanol–water partition coefficient (Wildman–Crippen LogP) is 3.00. The van der Waals surface area contributed by atoms with Gasteiger partial charge in [-0.25, -0.2) is 4.98 Å². The molecule has 1 amide bonds. The van der Waals surface area contributed by atoms with Crippen LogP contribution >= 0.6 is 15.9 Å². The number of carbonyl (C=O) groups excluding carboxylic acids is 1. The number of pyridine rings is 1. The molecular formula is C11H9BrN2O2. The summed E-state index contributed by atoms with van der Waals surface area (Å²) in [4.78, 5) is 15.8. The number of amides is 1. The summed E-state index contributed by atoms with van der Waals surface area (Å²) in [5.41, 5.74) is 1.02. The highest BCUT2D eigenvalue weighted by Crippen LogP contribution is 2.21. The van der Waals surface area contributed by atoms with Crippen LogP contribution in [0.1, 0.15) is 16.1 Å². The molecule has 0 aliphatic rings. The van der Waals surface area contributed by atoms with Crippen LogP contribution in [0.4, 0.5) is 5.82 Å². The second kappa shape index (κ2) is 4.49. The zero-order valence-corrected chi connectivity index (χ0v) is 10.1. The van der Waals surface area contributed by atoms with Crippen molar-refractivity contribution in [2.45, 2.75) is 6.92 Å². The lowest BCUT2D eigenvalue weighted by Gasteiger charge is -2.05. The van der Waals surface area contributed by atoms with Crippen molar-refractivity contribution in [1.29, 1.82) is 0 Å². The number of hydrogen-bond donors (Lipinski definition) is 1. The van der Waals surface area contributed by atoms with E-state index in [-0.39, 0.29) is 11.7 Å². The van der Waals surface area contributed by atoms with Crippen molar-refractivity contribution in [2.75, 3.05) is 5.32 Å². The van der Waals surface area contributed by atoms with Gasteiger partial charge in [-0.15, -0.1) is 0 Å². The van der Waals surface area contributed by atoms with Gasteiger partial charge in [0.1, 0.15) is 5.82 Å². The average Bonchev–Trinajstić information content (AvgIpc) is 2.75. The van der Waals surface area contributed by atoms with Crippen LogP contribution in [-0.4, -0.2) is 10.9 Å². The quantitative estimate of drug-likeness (QED) is 0.920. The molecule has 0 aliphatic carbocycles. The topological polar surface area (TPSA) is 55.1 Å². The summed E-state index contributed by atoms with van der Waals surface area (Å²) in [5.74, 6) is 0.420. The van der Waals surface area contributed by atoms with Gasteiger partial charge in [0.25, 0.3) is 5.91 Å². The van der Waals surface area contributed by atoms with Crippen LogP contribution in [0, 0.1) is 6.92 Å². The summed E-state index contributed by atoms with van der Waals surface area (Å²) in [6.07, 6.45) is 3.13. The fourth-order valence-corrected chi connectivity index (χ4v) is 1.77. The van der Waals surface area contributed by atoms with Crippen molar-refractivity contribution in [3.8, 4) is 0 Å². The number of hydrogen-bond acceptors (Lipinski definition) is 3. The van der Waals surface area contributed by atoms with Crippen LogP contribution in [0.3, 0.4) is 0 Å². The van der Waals surface area contributed by atoms with Crippen LogP contribution in [0.15, 0.2) is 39.5 Å². The molecule has 1 N–H and O–H groups in total. The Bertz CT molecular complexity index is 509. The second-order valence-corrected chi connectivity index (χ2v) is 4.13. The monoisotopic (exact) mass is 280 g/mol. The maximum absolute atomic E-state index is 11.6. The Balaban J connectivity index is 2.18. The van der Waals surface area contributed by atoms with E-state index in [4.69, 9.17) is 4.42 Å². The minimum Gasteiger partial charge on any atom is -0.459 e. The van der Waals surface area contributed by atoms with E-state index in [0.29, 0.717) is 5.82 Å². The van der Waals surface area contributed by atoms with Gasteiger partial charge in [-0.2, -0.15) is 0 Å². The molecule has 0 aliphatic heterocycles. The standard InChI is InChI=1S/C11H9BrN2O2/c1-7-5-8(12)10(13-6-7)14-11(15)9-3-2-4-16-9/h2-6H,1H3,(H,13,14,15). The Morgan fingerprint density at radius 2 is 2.38 bits per heavy atom. The van der Waals surface area contributed by atoms with Crippen molar-refractivity contribution in [1.82, 2.24) is 4.98 Å². The second-order valence-electron chi connectivity index (χ2n) is 3.27. The average molecular weight is 281 g/mol. The van der Waals surface area contributed by atoms with Gasteiger partial charge >= 0.3 is 0 Å². The van der Waals surface area contributed by atoms with Gasteiger partial charge in [0, 0.05) is 6.20 Å². The van der Waals surface area contributed by atoms with Crippen molar-refractivity contribution < 1.29 is 9.21 Å². The lowest BCUT2D eigenvalue weighted by Crippen LogP contribution is -2.12. The first-order valence-electron chi connectivity index (χ1n) is 4.64.